The summed E-state index contributed by atoms with van der Waals surface area (Å²) in [6.07, 6.45) is 2.50. The highest BCUT2D eigenvalue weighted by atomic mass is 32.2. The van der Waals surface area contributed by atoms with Gasteiger partial charge in [-0.15, -0.1) is 0 Å². The van der Waals surface area contributed by atoms with Crippen molar-refractivity contribution in [2.24, 2.45) is 0 Å². The second-order valence-electron chi connectivity index (χ2n) is 5.01. The number of fused-ring (bicyclic) bond motifs is 1. The predicted octanol–water partition coefficient (Wildman–Crippen LogP) is 1.51. The van der Waals surface area contributed by atoms with Crippen LogP contribution in [0.4, 0.5) is 0 Å². The Morgan fingerprint density at radius 3 is 3.00 bits per heavy atom. The molecule has 4 nitrogen and oxygen atoms in total. The van der Waals surface area contributed by atoms with E-state index in [0.29, 0.717) is 12.3 Å². The first kappa shape index (κ1) is 12.6. The molecule has 1 N–H and O–H groups in total. The van der Waals surface area contributed by atoms with Crippen LogP contribution in [0.15, 0.2) is 36.5 Å². The van der Waals surface area contributed by atoms with Crippen LogP contribution in [-0.2, 0) is 16.4 Å². The average Bonchev–Trinajstić information content (AvgIpc) is 2.76. The van der Waals surface area contributed by atoms with E-state index in [1.165, 1.54) is 0 Å². The average molecular weight is 276 g/mol. The number of nitrogens with one attached hydrogen (secondary N) is 1. The van der Waals surface area contributed by atoms with E-state index >= 15 is 0 Å². The lowest BCUT2D eigenvalue weighted by Gasteiger charge is -2.11. The van der Waals surface area contributed by atoms with Crippen molar-refractivity contribution < 1.29 is 8.42 Å². The van der Waals surface area contributed by atoms with Gasteiger partial charge in [0.2, 0.25) is 0 Å². The first-order valence-corrected chi connectivity index (χ1v) is 8.22. The van der Waals surface area contributed by atoms with E-state index in [4.69, 9.17) is 0 Å². The molecular weight excluding hydrogens is 260 g/mol. The largest absolute Gasteiger partial charge is 0.309 e. The van der Waals surface area contributed by atoms with Gasteiger partial charge in [0, 0.05) is 24.2 Å². The zero-order valence-electron chi connectivity index (χ0n) is 10.5. The Kier molecular flexibility index (Phi) is 3.24. The molecule has 1 aliphatic heterocycles. The zero-order chi connectivity index (χ0) is 13.3. The van der Waals surface area contributed by atoms with Gasteiger partial charge in [-0.05, 0) is 30.2 Å². The minimum absolute atomic E-state index is 0.0922. The molecule has 2 aromatic rings. The minimum Gasteiger partial charge on any atom is -0.309 e. The second kappa shape index (κ2) is 4.90. The van der Waals surface area contributed by atoms with E-state index in [-0.39, 0.29) is 11.8 Å². The number of hydrogen-bond acceptors (Lipinski definition) is 4. The van der Waals surface area contributed by atoms with Crippen molar-refractivity contribution in [1.82, 2.24) is 10.3 Å². The van der Waals surface area contributed by atoms with Gasteiger partial charge in [-0.25, -0.2) is 8.42 Å². The van der Waals surface area contributed by atoms with Gasteiger partial charge >= 0.3 is 0 Å². The van der Waals surface area contributed by atoms with Crippen molar-refractivity contribution in [3.8, 4) is 0 Å². The number of sulfone groups is 1. The molecule has 0 saturated carbocycles. The fourth-order valence-electron chi connectivity index (χ4n) is 2.45. The van der Waals surface area contributed by atoms with Crippen LogP contribution in [0, 0.1) is 0 Å². The summed E-state index contributed by atoms with van der Waals surface area (Å²) in [5, 5.41) is 4.43. The quantitative estimate of drug-likeness (QED) is 0.923. The fourth-order valence-corrected chi connectivity index (χ4v) is 4.16. The minimum atomic E-state index is -2.81. The summed E-state index contributed by atoms with van der Waals surface area (Å²) in [6.45, 7) is 0.699. The van der Waals surface area contributed by atoms with Gasteiger partial charge in [0.05, 0.1) is 17.0 Å². The SMILES string of the molecule is O=S1(=O)CCC(NCc2ccc3ncccc3c2)C1. The van der Waals surface area contributed by atoms with Gasteiger partial charge in [0.15, 0.2) is 9.84 Å². The summed E-state index contributed by atoms with van der Waals surface area (Å²) in [7, 11) is -2.81. The highest BCUT2D eigenvalue weighted by Gasteiger charge is 2.27. The molecule has 5 heteroatoms. The Bertz CT molecular complexity index is 697. The van der Waals surface area contributed by atoms with Crippen molar-refractivity contribution in [2.45, 2.75) is 19.0 Å². The first-order chi connectivity index (χ1) is 9.12. The van der Waals surface area contributed by atoms with Gasteiger partial charge in [-0.2, -0.15) is 0 Å². The molecule has 0 radical (unpaired) electrons. The molecule has 100 valence electrons. The second-order valence-corrected chi connectivity index (χ2v) is 7.24. The Morgan fingerprint density at radius 1 is 1.32 bits per heavy atom. The maximum atomic E-state index is 11.4. The van der Waals surface area contributed by atoms with Crippen molar-refractivity contribution in [2.75, 3.05) is 11.5 Å². The highest BCUT2D eigenvalue weighted by molar-refractivity contribution is 7.91. The summed E-state index contributed by atoms with van der Waals surface area (Å²) >= 11 is 0. The van der Waals surface area contributed by atoms with E-state index in [1.54, 1.807) is 6.20 Å². The molecule has 0 amide bonds. The van der Waals surface area contributed by atoms with Gasteiger partial charge in [0.1, 0.15) is 0 Å². The molecule has 1 atom stereocenters. The number of benzene rings is 1. The molecule has 1 aromatic carbocycles. The van der Waals surface area contributed by atoms with Gasteiger partial charge in [0.25, 0.3) is 0 Å². The lowest BCUT2D eigenvalue weighted by atomic mass is 10.1. The van der Waals surface area contributed by atoms with Gasteiger partial charge in [-0.1, -0.05) is 12.1 Å². The molecule has 2 heterocycles. The maximum absolute atomic E-state index is 11.4. The zero-order valence-corrected chi connectivity index (χ0v) is 11.4. The van der Waals surface area contributed by atoms with Crippen molar-refractivity contribution >= 4 is 20.7 Å². The number of pyridine rings is 1. The molecule has 19 heavy (non-hydrogen) atoms. The normalized spacial score (nSPS) is 21.8. The molecule has 0 spiro atoms. The van der Waals surface area contributed by atoms with Crippen LogP contribution >= 0.6 is 0 Å². The van der Waals surface area contributed by atoms with Crippen molar-refractivity contribution in [1.29, 1.82) is 0 Å². The molecular formula is C14H16N2O2S. The third kappa shape index (κ3) is 2.93. The number of hydrogen-bond donors (Lipinski definition) is 1. The van der Waals surface area contributed by atoms with Crippen LogP contribution in [0.25, 0.3) is 10.9 Å². The Labute approximate surface area is 112 Å². The van der Waals surface area contributed by atoms with E-state index < -0.39 is 9.84 Å². The summed E-state index contributed by atoms with van der Waals surface area (Å²) < 4.78 is 22.8. The Balaban J connectivity index is 1.69. The lowest BCUT2D eigenvalue weighted by molar-refractivity contribution is 0.554. The van der Waals surface area contributed by atoms with Crippen LogP contribution in [0.3, 0.4) is 0 Å². The smallest absolute Gasteiger partial charge is 0.151 e. The first-order valence-electron chi connectivity index (χ1n) is 6.40. The van der Waals surface area contributed by atoms with Crippen LogP contribution in [0.1, 0.15) is 12.0 Å². The number of rotatable bonds is 3. The van der Waals surface area contributed by atoms with Gasteiger partial charge in [-0.3, -0.25) is 4.98 Å². The van der Waals surface area contributed by atoms with Crippen LogP contribution in [0.5, 0.6) is 0 Å². The predicted molar refractivity (Wildman–Crippen MR) is 75.6 cm³/mol. The standard InChI is InChI=1S/C14H16N2O2S/c17-19(18)7-5-13(10-19)16-9-11-3-4-14-12(8-11)2-1-6-15-14/h1-4,6,8,13,16H,5,7,9-10H2. The fraction of sp³-hybridized carbons (Fsp3) is 0.357. The molecule has 1 aromatic heterocycles. The molecule has 1 saturated heterocycles. The molecule has 0 aliphatic carbocycles. The number of aromatic nitrogens is 1. The molecule has 3 rings (SSSR count). The third-order valence-corrected chi connectivity index (χ3v) is 5.26. The van der Waals surface area contributed by atoms with E-state index in [0.717, 1.165) is 22.9 Å². The van der Waals surface area contributed by atoms with E-state index in [2.05, 4.69) is 16.4 Å². The number of nitrogens with zero attached hydrogens (tertiary/aromatic N) is 1. The summed E-state index contributed by atoms with van der Waals surface area (Å²) in [5.74, 6) is 0.578. The molecule has 1 fully saturated rings. The molecule has 0 bridgehead atoms. The van der Waals surface area contributed by atoms with Crippen molar-refractivity contribution in [3.63, 3.8) is 0 Å². The van der Waals surface area contributed by atoms with Crippen molar-refractivity contribution in [3.05, 3.63) is 42.1 Å². The monoisotopic (exact) mass is 276 g/mol. The lowest BCUT2D eigenvalue weighted by Crippen LogP contribution is -2.29. The summed E-state index contributed by atoms with van der Waals surface area (Å²) in [6, 6.07) is 10.2. The van der Waals surface area contributed by atoms with Crippen LogP contribution < -0.4 is 5.32 Å². The maximum Gasteiger partial charge on any atom is 0.151 e. The van der Waals surface area contributed by atoms with E-state index in [1.807, 2.05) is 24.3 Å². The molecule has 1 aliphatic rings. The van der Waals surface area contributed by atoms with E-state index in [9.17, 15) is 8.42 Å². The third-order valence-electron chi connectivity index (χ3n) is 3.49. The highest BCUT2D eigenvalue weighted by Crippen LogP contribution is 2.15. The topological polar surface area (TPSA) is 59.1 Å². The molecule has 1 unspecified atom stereocenters. The van der Waals surface area contributed by atoms with Gasteiger partial charge < -0.3 is 5.32 Å². The summed E-state index contributed by atoms with van der Waals surface area (Å²) in [4.78, 5) is 4.28. The Hall–Kier alpha value is -1.46. The van der Waals surface area contributed by atoms with Crippen LogP contribution in [0.2, 0.25) is 0 Å². The summed E-state index contributed by atoms with van der Waals surface area (Å²) in [5.41, 5.74) is 2.14. The van der Waals surface area contributed by atoms with Crippen LogP contribution in [-0.4, -0.2) is 30.9 Å². The Morgan fingerprint density at radius 2 is 2.21 bits per heavy atom.